The first-order valence-electron chi connectivity index (χ1n) is 8.03. The maximum absolute atomic E-state index is 4.65. The van der Waals surface area contributed by atoms with E-state index in [0.29, 0.717) is 0 Å². The molecule has 0 atom stereocenters. The summed E-state index contributed by atoms with van der Waals surface area (Å²) >= 11 is 4.65. The van der Waals surface area contributed by atoms with Crippen molar-refractivity contribution in [1.82, 2.24) is 0 Å². The summed E-state index contributed by atoms with van der Waals surface area (Å²) in [5, 5.41) is 2.40. The molecule has 0 radical (unpaired) electrons. The molecular weight excluding hydrogens is 322 g/mol. The van der Waals surface area contributed by atoms with Crippen LogP contribution in [0, 0.1) is 25.7 Å². The molecule has 0 aliphatic carbocycles. The van der Waals surface area contributed by atoms with Crippen molar-refractivity contribution in [1.29, 1.82) is 0 Å². The molecule has 0 heterocycles. The minimum atomic E-state index is 0.830. The predicted molar refractivity (Wildman–Crippen MR) is 108 cm³/mol. The number of nitrogens with zero attached hydrogens (tertiary/aromatic N) is 1. The summed E-state index contributed by atoms with van der Waals surface area (Å²) in [7, 11) is 0. The van der Waals surface area contributed by atoms with Crippen molar-refractivity contribution in [3.8, 4) is 23.0 Å². The highest BCUT2D eigenvalue weighted by atomic mass is 32.1. The van der Waals surface area contributed by atoms with Crippen LogP contribution in [0.4, 0.5) is 5.69 Å². The number of benzene rings is 3. The topological polar surface area (TPSA) is 12.4 Å². The molecule has 0 saturated heterocycles. The second-order valence-corrected chi connectivity index (χ2v) is 6.08. The standard InChI is InChI=1S/C23H17NS/c1-17-3-5-19(6-4-17)7-8-20-9-11-21(12-10-20)23-14-13-22(24-16-25)15-18(23)2/h3-6,9-15H,1-2H3. The summed E-state index contributed by atoms with van der Waals surface area (Å²) in [4.78, 5) is 4.02. The Labute approximate surface area is 154 Å². The summed E-state index contributed by atoms with van der Waals surface area (Å²) in [5.41, 5.74) is 7.61. The lowest BCUT2D eigenvalue weighted by Gasteiger charge is -2.07. The fourth-order valence-electron chi connectivity index (χ4n) is 2.61. The Hall–Kier alpha value is -2.98. The molecule has 0 bridgehead atoms. The van der Waals surface area contributed by atoms with Crippen molar-refractivity contribution in [2.45, 2.75) is 13.8 Å². The first-order chi connectivity index (χ1) is 12.2. The molecule has 25 heavy (non-hydrogen) atoms. The van der Waals surface area contributed by atoms with Gasteiger partial charge in [-0.15, -0.1) is 0 Å². The van der Waals surface area contributed by atoms with E-state index in [9.17, 15) is 0 Å². The van der Waals surface area contributed by atoms with E-state index >= 15 is 0 Å². The zero-order valence-electron chi connectivity index (χ0n) is 14.2. The predicted octanol–water partition coefficient (Wildman–Crippen LogP) is 6.10. The van der Waals surface area contributed by atoms with Crippen LogP contribution in [-0.2, 0) is 0 Å². The van der Waals surface area contributed by atoms with Gasteiger partial charge >= 0.3 is 0 Å². The van der Waals surface area contributed by atoms with Gasteiger partial charge in [0.2, 0.25) is 0 Å². The summed E-state index contributed by atoms with van der Waals surface area (Å²) in [6, 6.07) is 22.6. The highest BCUT2D eigenvalue weighted by molar-refractivity contribution is 7.78. The Morgan fingerprint density at radius 3 is 1.92 bits per heavy atom. The summed E-state index contributed by atoms with van der Waals surface area (Å²) in [6.07, 6.45) is 0. The minimum absolute atomic E-state index is 0.830. The molecule has 0 N–H and O–H groups in total. The number of aliphatic imine (C=N–C) groups is 1. The number of aryl methyl sites for hydroxylation is 2. The fourth-order valence-corrected chi connectivity index (χ4v) is 2.71. The molecule has 0 saturated carbocycles. The molecule has 0 fully saturated rings. The van der Waals surface area contributed by atoms with Gasteiger partial charge in [-0.05, 0) is 79.2 Å². The van der Waals surface area contributed by atoms with Crippen LogP contribution < -0.4 is 0 Å². The van der Waals surface area contributed by atoms with E-state index in [-0.39, 0.29) is 0 Å². The van der Waals surface area contributed by atoms with E-state index in [1.807, 2.05) is 24.3 Å². The number of thiocarbonyl (C=S) groups is 1. The van der Waals surface area contributed by atoms with Gasteiger partial charge in [-0.2, -0.15) is 4.99 Å². The van der Waals surface area contributed by atoms with Gasteiger partial charge < -0.3 is 0 Å². The third-order valence-corrected chi connectivity index (χ3v) is 4.07. The van der Waals surface area contributed by atoms with Gasteiger partial charge in [-0.1, -0.05) is 47.7 Å². The largest absolute Gasteiger partial charge is 0.195 e. The van der Waals surface area contributed by atoms with E-state index in [0.717, 1.165) is 27.9 Å². The van der Waals surface area contributed by atoms with Gasteiger partial charge in [0.05, 0.1) is 10.8 Å². The molecule has 3 aromatic rings. The second kappa shape index (κ2) is 7.73. The van der Waals surface area contributed by atoms with Crippen LogP contribution >= 0.6 is 12.2 Å². The van der Waals surface area contributed by atoms with Crippen LogP contribution in [0.3, 0.4) is 0 Å². The molecule has 0 aliphatic rings. The maximum atomic E-state index is 4.65. The molecule has 0 unspecified atom stereocenters. The normalized spacial score (nSPS) is 9.68. The fraction of sp³-hybridized carbons (Fsp3) is 0.0870. The third-order valence-electron chi connectivity index (χ3n) is 3.98. The molecule has 2 heteroatoms. The molecule has 0 aromatic heterocycles. The van der Waals surface area contributed by atoms with Crippen molar-refractivity contribution >= 4 is 23.1 Å². The molecule has 0 amide bonds. The SMILES string of the molecule is Cc1ccc(C#Cc2ccc(-c3ccc(N=C=S)cc3C)cc2)cc1. The van der Waals surface area contributed by atoms with Gasteiger partial charge in [0, 0.05) is 11.1 Å². The van der Waals surface area contributed by atoms with Gasteiger partial charge in [-0.3, -0.25) is 0 Å². The molecule has 3 aromatic carbocycles. The number of rotatable bonds is 2. The van der Waals surface area contributed by atoms with Crippen LogP contribution in [0.15, 0.2) is 71.7 Å². The Bertz CT molecular complexity index is 997. The Morgan fingerprint density at radius 1 is 0.760 bits per heavy atom. The highest BCUT2D eigenvalue weighted by Gasteiger charge is 2.02. The Kier molecular flexibility index (Phi) is 5.21. The van der Waals surface area contributed by atoms with E-state index in [2.05, 4.69) is 90.5 Å². The van der Waals surface area contributed by atoms with E-state index in [1.54, 1.807) is 0 Å². The van der Waals surface area contributed by atoms with Crippen LogP contribution in [0.5, 0.6) is 0 Å². The first-order valence-corrected chi connectivity index (χ1v) is 8.44. The van der Waals surface area contributed by atoms with Gasteiger partial charge in [0.15, 0.2) is 0 Å². The first kappa shape index (κ1) is 16.9. The average molecular weight is 339 g/mol. The van der Waals surface area contributed by atoms with Crippen molar-refractivity contribution in [3.05, 3.63) is 89.0 Å². The van der Waals surface area contributed by atoms with Crippen molar-refractivity contribution in [2.24, 2.45) is 4.99 Å². The Balaban J connectivity index is 1.83. The molecular formula is C23H17NS. The summed E-state index contributed by atoms with van der Waals surface area (Å²) in [6.45, 7) is 4.15. The molecule has 3 rings (SSSR count). The van der Waals surface area contributed by atoms with Crippen LogP contribution in [0.25, 0.3) is 11.1 Å². The smallest absolute Gasteiger partial charge is 0.0742 e. The van der Waals surface area contributed by atoms with E-state index < -0.39 is 0 Å². The summed E-state index contributed by atoms with van der Waals surface area (Å²) in [5.74, 6) is 6.42. The van der Waals surface area contributed by atoms with Crippen LogP contribution in [0.2, 0.25) is 0 Å². The molecule has 0 spiro atoms. The zero-order valence-corrected chi connectivity index (χ0v) is 15.0. The maximum Gasteiger partial charge on any atom is 0.0742 e. The van der Waals surface area contributed by atoms with Crippen LogP contribution in [-0.4, -0.2) is 5.16 Å². The zero-order chi connectivity index (χ0) is 17.6. The monoisotopic (exact) mass is 339 g/mol. The second-order valence-electron chi connectivity index (χ2n) is 5.90. The van der Waals surface area contributed by atoms with E-state index in [4.69, 9.17) is 0 Å². The molecule has 0 aliphatic heterocycles. The summed E-state index contributed by atoms with van der Waals surface area (Å²) < 4.78 is 0. The van der Waals surface area contributed by atoms with Gasteiger partial charge in [-0.25, -0.2) is 0 Å². The van der Waals surface area contributed by atoms with Crippen LogP contribution in [0.1, 0.15) is 22.3 Å². The minimum Gasteiger partial charge on any atom is -0.195 e. The van der Waals surface area contributed by atoms with Crippen molar-refractivity contribution < 1.29 is 0 Å². The number of hydrogen-bond donors (Lipinski definition) is 0. The average Bonchev–Trinajstić information content (AvgIpc) is 2.62. The molecule has 120 valence electrons. The van der Waals surface area contributed by atoms with Crippen molar-refractivity contribution in [2.75, 3.05) is 0 Å². The van der Waals surface area contributed by atoms with Gasteiger partial charge in [0.1, 0.15) is 0 Å². The Morgan fingerprint density at radius 2 is 1.36 bits per heavy atom. The molecule has 1 nitrogen and oxygen atoms in total. The van der Waals surface area contributed by atoms with Crippen molar-refractivity contribution in [3.63, 3.8) is 0 Å². The quantitative estimate of drug-likeness (QED) is 0.312. The van der Waals surface area contributed by atoms with Gasteiger partial charge in [0.25, 0.3) is 0 Å². The lowest BCUT2D eigenvalue weighted by molar-refractivity contribution is 1.42. The lowest BCUT2D eigenvalue weighted by atomic mass is 9.99. The number of hydrogen-bond acceptors (Lipinski definition) is 2. The third kappa shape index (κ3) is 4.31. The lowest BCUT2D eigenvalue weighted by Crippen LogP contribution is -1.84. The number of isothiocyanates is 1. The highest BCUT2D eigenvalue weighted by Crippen LogP contribution is 2.27. The van der Waals surface area contributed by atoms with E-state index in [1.165, 1.54) is 11.1 Å².